The van der Waals surface area contributed by atoms with Crippen LogP contribution in [0, 0.1) is 23.2 Å². The number of hydrogen-bond acceptors (Lipinski definition) is 4. The average Bonchev–Trinajstić information content (AvgIpc) is 2.53. The lowest BCUT2D eigenvalue weighted by atomic mass is 9.82. The SMILES string of the molecule is N#Cc1cc(C(=O)NCC2CCC(C(=O)O)CC2)ccc1N. The fraction of sp³-hybridized carbons (Fsp3) is 0.438. The number of aliphatic carboxylic acids is 1. The number of nitrogen functional groups attached to an aromatic ring is 1. The van der Waals surface area contributed by atoms with Crippen LogP contribution in [0.25, 0.3) is 0 Å². The molecule has 0 atom stereocenters. The molecule has 0 heterocycles. The van der Waals surface area contributed by atoms with Crippen LogP contribution in [0.2, 0.25) is 0 Å². The summed E-state index contributed by atoms with van der Waals surface area (Å²) >= 11 is 0. The summed E-state index contributed by atoms with van der Waals surface area (Å²) in [6, 6.07) is 6.57. The number of carboxylic acid groups (broad SMARTS) is 1. The predicted octanol–water partition coefficient (Wildman–Crippen LogP) is 1.76. The minimum absolute atomic E-state index is 0.239. The molecule has 1 aliphatic carbocycles. The maximum absolute atomic E-state index is 12.1. The van der Waals surface area contributed by atoms with E-state index < -0.39 is 5.97 Å². The van der Waals surface area contributed by atoms with Gasteiger partial charge in [-0.1, -0.05) is 0 Å². The van der Waals surface area contributed by atoms with Crippen LogP contribution in [-0.4, -0.2) is 23.5 Å². The Kier molecular flexibility index (Phi) is 4.99. The number of carboxylic acids is 1. The van der Waals surface area contributed by atoms with Crippen LogP contribution in [0.5, 0.6) is 0 Å². The monoisotopic (exact) mass is 301 g/mol. The highest BCUT2D eigenvalue weighted by Crippen LogP contribution is 2.28. The smallest absolute Gasteiger partial charge is 0.306 e. The lowest BCUT2D eigenvalue weighted by molar-refractivity contribution is -0.143. The molecule has 0 spiro atoms. The number of anilines is 1. The lowest BCUT2D eigenvalue weighted by Crippen LogP contribution is -2.32. The second-order valence-electron chi connectivity index (χ2n) is 5.68. The van der Waals surface area contributed by atoms with Crippen molar-refractivity contribution in [1.82, 2.24) is 5.32 Å². The molecule has 1 fully saturated rings. The summed E-state index contributed by atoms with van der Waals surface area (Å²) in [7, 11) is 0. The summed E-state index contributed by atoms with van der Waals surface area (Å²) in [5.74, 6) is -0.906. The predicted molar refractivity (Wildman–Crippen MR) is 81.0 cm³/mol. The molecule has 6 heteroatoms. The second kappa shape index (κ2) is 6.94. The Hall–Kier alpha value is -2.55. The molecule has 2 rings (SSSR count). The van der Waals surface area contributed by atoms with Gasteiger partial charge in [0, 0.05) is 17.8 Å². The number of amides is 1. The second-order valence-corrected chi connectivity index (χ2v) is 5.68. The van der Waals surface area contributed by atoms with Crippen molar-refractivity contribution in [3.05, 3.63) is 29.3 Å². The Bertz CT molecular complexity index is 614. The third-order valence-electron chi connectivity index (χ3n) is 4.18. The van der Waals surface area contributed by atoms with Crippen molar-refractivity contribution in [3.8, 4) is 6.07 Å². The molecular weight excluding hydrogens is 282 g/mol. The molecule has 1 aromatic carbocycles. The van der Waals surface area contributed by atoms with Crippen molar-refractivity contribution < 1.29 is 14.7 Å². The molecule has 1 saturated carbocycles. The summed E-state index contributed by atoms with van der Waals surface area (Å²) in [5.41, 5.74) is 6.67. The number of nitrogens with zero attached hydrogens (tertiary/aromatic N) is 1. The van der Waals surface area contributed by atoms with Crippen molar-refractivity contribution in [1.29, 1.82) is 5.26 Å². The molecule has 116 valence electrons. The first kappa shape index (κ1) is 15.8. The van der Waals surface area contributed by atoms with E-state index in [0.717, 1.165) is 12.8 Å². The van der Waals surface area contributed by atoms with Gasteiger partial charge in [0.25, 0.3) is 5.91 Å². The van der Waals surface area contributed by atoms with E-state index >= 15 is 0 Å². The van der Waals surface area contributed by atoms with Gasteiger partial charge in [-0.3, -0.25) is 9.59 Å². The lowest BCUT2D eigenvalue weighted by Gasteiger charge is -2.26. The van der Waals surface area contributed by atoms with E-state index in [1.807, 2.05) is 6.07 Å². The molecule has 4 N–H and O–H groups in total. The Balaban J connectivity index is 1.86. The number of nitrogens with two attached hydrogens (primary N) is 1. The van der Waals surface area contributed by atoms with Crippen molar-refractivity contribution >= 4 is 17.6 Å². The van der Waals surface area contributed by atoms with E-state index in [1.165, 1.54) is 6.07 Å². The Morgan fingerprint density at radius 2 is 2.00 bits per heavy atom. The number of nitrogens with one attached hydrogen (secondary N) is 1. The van der Waals surface area contributed by atoms with Gasteiger partial charge in [0.05, 0.1) is 11.5 Å². The summed E-state index contributed by atoms with van der Waals surface area (Å²) in [5, 5.41) is 20.7. The van der Waals surface area contributed by atoms with Crippen LogP contribution in [0.4, 0.5) is 5.69 Å². The van der Waals surface area contributed by atoms with Crippen molar-refractivity contribution in [2.75, 3.05) is 12.3 Å². The number of hydrogen-bond donors (Lipinski definition) is 3. The molecule has 1 aliphatic rings. The van der Waals surface area contributed by atoms with Gasteiger partial charge in [-0.25, -0.2) is 0 Å². The van der Waals surface area contributed by atoms with Gasteiger partial charge in [0.15, 0.2) is 0 Å². The Morgan fingerprint density at radius 1 is 1.32 bits per heavy atom. The minimum atomic E-state index is -0.728. The molecule has 22 heavy (non-hydrogen) atoms. The molecule has 0 radical (unpaired) electrons. The molecule has 1 aromatic rings. The normalized spacial score (nSPS) is 20.9. The highest BCUT2D eigenvalue weighted by atomic mass is 16.4. The summed E-state index contributed by atoms with van der Waals surface area (Å²) in [4.78, 5) is 23.0. The molecule has 1 amide bonds. The molecule has 6 nitrogen and oxygen atoms in total. The maximum Gasteiger partial charge on any atom is 0.306 e. The van der Waals surface area contributed by atoms with Crippen molar-refractivity contribution in [2.45, 2.75) is 25.7 Å². The molecule has 0 bridgehead atoms. The zero-order chi connectivity index (χ0) is 16.1. The van der Waals surface area contributed by atoms with Crippen molar-refractivity contribution in [3.63, 3.8) is 0 Å². The summed E-state index contributed by atoms with van der Waals surface area (Å²) in [6.07, 6.45) is 2.94. The quantitative estimate of drug-likeness (QED) is 0.733. The van der Waals surface area contributed by atoms with Crippen LogP contribution in [0.1, 0.15) is 41.6 Å². The van der Waals surface area contributed by atoms with Gasteiger partial charge >= 0.3 is 5.97 Å². The fourth-order valence-corrected chi connectivity index (χ4v) is 2.75. The van der Waals surface area contributed by atoms with Crippen LogP contribution in [0.15, 0.2) is 18.2 Å². The third kappa shape index (κ3) is 3.76. The largest absolute Gasteiger partial charge is 0.481 e. The number of carbonyl (C=O) groups excluding carboxylic acids is 1. The van der Waals surface area contributed by atoms with E-state index in [1.54, 1.807) is 12.1 Å². The number of rotatable bonds is 4. The van der Waals surface area contributed by atoms with E-state index in [0.29, 0.717) is 36.6 Å². The van der Waals surface area contributed by atoms with Crippen LogP contribution in [-0.2, 0) is 4.79 Å². The van der Waals surface area contributed by atoms with E-state index in [4.69, 9.17) is 16.1 Å². The number of nitriles is 1. The molecule has 0 aliphatic heterocycles. The van der Waals surface area contributed by atoms with E-state index in [-0.39, 0.29) is 17.4 Å². The van der Waals surface area contributed by atoms with Gasteiger partial charge in [-0.2, -0.15) is 5.26 Å². The third-order valence-corrected chi connectivity index (χ3v) is 4.18. The summed E-state index contributed by atoms with van der Waals surface area (Å²) < 4.78 is 0. The highest BCUT2D eigenvalue weighted by molar-refractivity contribution is 5.95. The van der Waals surface area contributed by atoms with Gasteiger partial charge in [0.2, 0.25) is 0 Å². The zero-order valence-corrected chi connectivity index (χ0v) is 12.2. The first-order chi connectivity index (χ1) is 10.5. The van der Waals surface area contributed by atoms with E-state index in [2.05, 4.69) is 5.32 Å². The molecular formula is C16H19N3O3. The number of benzene rings is 1. The van der Waals surface area contributed by atoms with Crippen LogP contribution >= 0.6 is 0 Å². The van der Waals surface area contributed by atoms with E-state index in [9.17, 15) is 9.59 Å². The van der Waals surface area contributed by atoms with Crippen LogP contribution in [0.3, 0.4) is 0 Å². The first-order valence-electron chi connectivity index (χ1n) is 7.32. The van der Waals surface area contributed by atoms with Gasteiger partial charge in [-0.15, -0.1) is 0 Å². The standard InChI is InChI=1S/C16H19N3O3/c17-8-13-7-12(5-6-14(13)18)15(20)19-9-10-1-3-11(4-2-10)16(21)22/h5-7,10-11H,1-4,9,18H2,(H,19,20)(H,21,22). The Morgan fingerprint density at radius 3 is 2.59 bits per heavy atom. The molecule has 0 unspecified atom stereocenters. The molecule has 0 aromatic heterocycles. The van der Waals surface area contributed by atoms with Gasteiger partial charge < -0.3 is 16.2 Å². The highest BCUT2D eigenvalue weighted by Gasteiger charge is 2.26. The minimum Gasteiger partial charge on any atom is -0.481 e. The fourth-order valence-electron chi connectivity index (χ4n) is 2.75. The van der Waals surface area contributed by atoms with Gasteiger partial charge in [-0.05, 0) is 49.8 Å². The Labute approximate surface area is 128 Å². The summed E-state index contributed by atoms with van der Waals surface area (Å²) in [6.45, 7) is 0.525. The zero-order valence-electron chi connectivity index (χ0n) is 12.2. The van der Waals surface area contributed by atoms with Gasteiger partial charge in [0.1, 0.15) is 6.07 Å². The number of carbonyl (C=O) groups is 2. The topological polar surface area (TPSA) is 116 Å². The first-order valence-corrected chi connectivity index (χ1v) is 7.32. The average molecular weight is 301 g/mol. The molecule has 0 saturated heterocycles. The van der Waals surface area contributed by atoms with Crippen LogP contribution < -0.4 is 11.1 Å². The van der Waals surface area contributed by atoms with Crippen molar-refractivity contribution in [2.24, 2.45) is 11.8 Å². The maximum atomic E-state index is 12.1.